The molecule has 1 radical (unpaired) electrons. The topological polar surface area (TPSA) is 59.4 Å². The van der Waals surface area contributed by atoms with Gasteiger partial charge < -0.3 is 15.0 Å². The standard InChI is InChI=1S/C19H25N4O2/c1-22(19(24)18-8-3-4-9-20-18)10-11-25-17-7-5-6-15(12-17)16-13-21-23(2)14-16/h6-7,12-14,18,20H,3-4,8-11H2,1-2H3. The molecule has 1 aromatic heterocycles. The van der Waals surface area contributed by atoms with Gasteiger partial charge in [0.25, 0.3) is 0 Å². The predicted octanol–water partition coefficient (Wildman–Crippen LogP) is 1.87. The third-order valence-corrected chi connectivity index (χ3v) is 4.48. The van der Waals surface area contributed by atoms with Gasteiger partial charge in [-0.1, -0.05) is 6.42 Å². The summed E-state index contributed by atoms with van der Waals surface area (Å²) in [6.07, 6.45) is 6.96. The first kappa shape index (κ1) is 17.5. The maximum Gasteiger partial charge on any atom is 0.239 e. The SMILES string of the molecule is CN(CCOc1c[c]cc(-c2cnn(C)c2)c1)C(=O)C1CCCCN1. The maximum absolute atomic E-state index is 12.4. The van der Waals surface area contributed by atoms with Crippen molar-refractivity contribution in [1.29, 1.82) is 0 Å². The van der Waals surface area contributed by atoms with E-state index in [1.807, 2.05) is 44.7 Å². The van der Waals surface area contributed by atoms with Crippen LogP contribution in [0.15, 0.2) is 30.6 Å². The lowest BCUT2D eigenvalue weighted by atomic mass is 10.0. The molecule has 1 fully saturated rings. The quantitative estimate of drug-likeness (QED) is 0.871. The fraction of sp³-hybridized carbons (Fsp3) is 0.474. The molecule has 2 aromatic rings. The van der Waals surface area contributed by atoms with Crippen LogP contribution < -0.4 is 10.1 Å². The number of likely N-dealkylation sites (N-methyl/N-ethyl adjacent to an activating group) is 1. The van der Waals surface area contributed by atoms with Gasteiger partial charge in [0, 0.05) is 25.9 Å². The van der Waals surface area contributed by atoms with Crippen LogP contribution >= 0.6 is 0 Å². The number of rotatable bonds is 6. The lowest BCUT2D eigenvalue weighted by Gasteiger charge is -2.27. The highest BCUT2D eigenvalue weighted by Gasteiger charge is 2.23. The van der Waals surface area contributed by atoms with Crippen LogP contribution in [0.2, 0.25) is 0 Å². The number of benzene rings is 1. The van der Waals surface area contributed by atoms with Crippen LogP contribution in [0.4, 0.5) is 0 Å². The van der Waals surface area contributed by atoms with Crippen molar-refractivity contribution in [3.63, 3.8) is 0 Å². The van der Waals surface area contributed by atoms with E-state index in [-0.39, 0.29) is 11.9 Å². The first-order valence-corrected chi connectivity index (χ1v) is 8.75. The Labute approximate surface area is 148 Å². The fourth-order valence-corrected chi connectivity index (χ4v) is 3.01. The van der Waals surface area contributed by atoms with Crippen LogP contribution in [0.5, 0.6) is 5.75 Å². The number of hydrogen-bond acceptors (Lipinski definition) is 4. The predicted molar refractivity (Wildman–Crippen MR) is 96.3 cm³/mol. The third kappa shape index (κ3) is 4.60. The van der Waals surface area contributed by atoms with E-state index in [0.29, 0.717) is 13.2 Å². The summed E-state index contributed by atoms with van der Waals surface area (Å²) >= 11 is 0. The summed E-state index contributed by atoms with van der Waals surface area (Å²) in [5.74, 6) is 0.900. The molecule has 1 amide bonds. The molecule has 6 heteroatoms. The maximum atomic E-state index is 12.4. The second-order valence-corrected chi connectivity index (χ2v) is 6.47. The summed E-state index contributed by atoms with van der Waals surface area (Å²) < 4.78 is 7.58. The van der Waals surface area contributed by atoms with Crippen LogP contribution in [-0.2, 0) is 11.8 Å². The molecule has 1 saturated heterocycles. The van der Waals surface area contributed by atoms with Crippen LogP contribution in [0.3, 0.4) is 0 Å². The van der Waals surface area contributed by atoms with Crippen LogP contribution in [0, 0.1) is 6.07 Å². The van der Waals surface area contributed by atoms with E-state index in [2.05, 4.69) is 16.5 Å². The Morgan fingerprint density at radius 3 is 3.04 bits per heavy atom. The number of ether oxygens (including phenoxy) is 1. The molecule has 133 valence electrons. The van der Waals surface area contributed by atoms with Gasteiger partial charge >= 0.3 is 0 Å². The van der Waals surface area contributed by atoms with Crippen molar-refractivity contribution in [2.75, 3.05) is 26.7 Å². The Kier molecular flexibility index (Phi) is 5.71. The largest absolute Gasteiger partial charge is 0.492 e. The molecule has 0 saturated carbocycles. The van der Waals surface area contributed by atoms with Gasteiger partial charge in [0.05, 0.1) is 18.8 Å². The molecule has 1 unspecified atom stereocenters. The Morgan fingerprint density at radius 2 is 2.32 bits per heavy atom. The molecule has 0 aliphatic carbocycles. The van der Waals surface area contributed by atoms with Crippen molar-refractivity contribution in [3.8, 4) is 16.9 Å². The zero-order valence-electron chi connectivity index (χ0n) is 14.9. The molecular weight excluding hydrogens is 316 g/mol. The molecule has 1 atom stereocenters. The van der Waals surface area contributed by atoms with Gasteiger partial charge in [0.1, 0.15) is 12.4 Å². The summed E-state index contributed by atoms with van der Waals surface area (Å²) in [5.41, 5.74) is 2.04. The van der Waals surface area contributed by atoms with Gasteiger partial charge in [0.2, 0.25) is 5.91 Å². The zero-order valence-corrected chi connectivity index (χ0v) is 14.9. The second-order valence-electron chi connectivity index (χ2n) is 6.47. The smallest absolute Gasteiger partial charge is 0.239 e. The van der Waals surface area contributed by atoms with E-state index in [0.717, 1.165) is 42.7 Å². The number of aromatic nitrogens is 2. The van der Waals surface area contributed by atoms with Gasteiger partial charge in [-0.15, -0.1) is 0 Å². The normalized spacial score (nSPS) is 17.3. The van der Waals surface area contributed by atoms with Crippen molar-refractivity contribution in [2.24, 2.45) is 7.05 Å². The highest BCUT2D eigenvalue weighted by atomic mass is 16.5. The van der Waals surface area contributed by atoms with E-state index in [4.69, 9.17) is 4.74 Å². The number of nitrogens with zero attached hydrogens (tertiary/aromatic N) is 3. The molecule has 1 aliphatic rings. The Morgan fingerprint density at radius 1 is 1.44 bits per heavy atom. The molecule has 0 bridgehead atoms. The summed E-state index contributed by atoms with van der Waals surface area (Å²) in [6, 6.07) is 8.75. The van der Waals surface area contributed by atoms with Gasteiger partial charge in [-0.05, 0) is 49.2 Å². The summed E-state index contributed by atoms with van der Waals surface area (Å²) in [4.78, 5) is 14.1. The van der Waals surface area contributed by atoms with Gasteiger partial charge in [-0.3, -0.25) is 9.48 Å². The van der Waals surface area contributed by atoms with Crippen molar-refractivity contribution in [2.45, 2.75) is 25.3 Å². The molecule has 1 aliphatic heterocycles. The van der Waals surface area contributed by atoms with Gasteiger partial charge in [0.15, 0.2) is 0 Å². The van der Waals surface area contributed by atoms with Crippen molar-refractivity contribution < 1.29 is 9.53 Å². The number of hydrogen-bond donors (Lipinski definition) is 1. The minimum atomic E-state index is -0.0407. The number of carbonyl (C=O) groups excluding carboxylic acids is 1. The molecule has 1 aromatic carbocycles. The summed E-state index contributed by atoms with van der Waals surface area (Å²) in [6.45, 7) is 1.95. The van der Waals surface area contributed by atoms with Crippen molar-refractivity contribution in [3.05, 3.63) is 36.7 Å². The fourth-order valence-electron chi connectivity index (χ4n) is 3.01. The summed E-state index contributed by atoms with van der Waals surface area (Å²) in [5, 5.41) is 7.47. The molecule has 6 nitrogen and oxygen atoms in total. The number of piperidine rings is 1. The van der Waals surface area contributed by atoms with Gasteiger partial charge in [-0.25, -0.2) is 0 Å². The average Bonchev–Trinajstić information content (AvgIpc) is 3.08. The molecule has 25 heavy (non-hydrogen) atoms. The van der Waals surface area contributed by atoms with E-state index < -0.39 is 0 Å². The Balaban J connectivity index is 1.51. The highest BCUT2D eigenvalue weighted by molar-refractivity contribution is 5.81. The Hall–Kier alpha value is -2.34. The molecule has 0 spiro atoms. The number of carbonyl (C=O) groups is 1. The van der Waals surface area contributed by atoms with Crippen LogP contribution in [0.1, 0.15) is 19.3 Å². The minimum Gasteiger partial charge on any atom is -0.492 e. The van der Waals surface area contributed by atoms with E-state index in [1.54, 1.807) is 9.58 Å². The highest BCUT2D eigenvalue weighted by Crippen LogP contribution is 2.23. The molecular formula is C19H25N4O2. The zero-order chi connectivity index (χ0) is 17.6. The lowest BCUT2D eigenvalue weighted by molar-refractivity contribution is -0.133. The van der Waals surface area contributed by atoms with E-state index >= 15 is 0 Å². The second kappa shape index (κ2) is 8.16. The minimum absolute atomic E-state index is 0.0407. The number of amides is 1. The molecule has 1 N–H and O–H groups in total. The van der Waals surface area contributed by atoms with Crippen molar-refractivity contribution >= 4 is 5.91 Å². The lowest BCUT2D eigenvalue weighted by Crippen LogP contribution is -2.48. The molecule has 2 heterocycles. The Bertz CT molecular complexity index is 707. The molecule has 3 rings (SSSR count). The van der Waals surface area contributed by atoms with Crippen LogP contribution in [0.25, 0.3) is 11.1 Å². The van der Waals surface area contributed by atoms with Gasteiger partial charge in [-0.2, -0.15) is 5.10 Å². The monoisotopic (exact) mass is 341 g/mol. The third-order valence-electron chi connectivity index (χ3n) is 4.48. The number of aryl methyl sites for hydroxylation is 1. The first-order chi connectivity index (χ1) is 12.1. The average molecular weight is 341 g/mol. The van der Waals surface area contributed by atoms with E-state index in [9.17, 15) is 4.79 Å². The number of nitrogens with one attached hydrogen (secondary N) is 1. The summed E-state index contributed by atoms with van der Waals surface area (Å²) in [7, 11) is 3.72. The van der Waals surface area contributed by atoms with Crippen LogP contribution in [-0.4, -0.2) is 53.4 Å². The van der Waals surface area contributed by atoms with Crippen molar-refractivity contribution in [1.82, 2.24) is 20.0 Å². The first-order valence-electron chi connectivity index (χ1n) is 8.75. The van der Waals surface area contributed by atoms with E-state index in [1.165, 1.54) is 0 Å².